The van der Waals surface area contributed by atoms with Gasteiger partial charge in [0.1, 0.15) is 6.04 Å². The maximum atomic E-state index is 12.5. The third-order valence-corrected chi connectivity index (χ3v) is 4.90. The van der Waals surface area contributed by atoms with Gasteiger partial charge in [-0.3, -0.25) is 14.6 Å². The number of carbonyl (C=O) groups excluding carboxylic acids is 1. The molecule has 5 nitrogen and oxygen atoms in total. The fourth-order valence-corrected chi connectivity index (χ4v) is 3.89. The average molecular weight is 298 g/mol. The van der Waals surface area contributed by atoms with Gasteiger partial charge in [0, 0.05) is 17.7 Å². The number of carboxylic acid groups (broad SMARTS) is 1. The van der Waals surface area contributed by atoms with E-state index in [4.69, 9.17) is 5.11 Å². The van der Waals surface area contributed by atoms with Crippen molar-refractivity contribution in [2.45, 2.75) is 51.0 Å². The Morgan fingerprint density at radius 1 is 1.27 bits per heavy atom. The minimum atomic E-state index is -0.886. The average Bonchev–Trinajstić information content (AvgIpc) is 3.06. The Hall–Kier alpha value is -2.17. The van der Waals surface area contributed by atoms with E-state index < -0.39 is 12.0 Å². The van der Waals surface area contributed by atoms with E-state index in [0.717, 1.165) is 49.1 Å². The van der Waals surface area contributed by atoms with Gasteiger partial charge in [-0.25, -0.2) is 0 Å². The van der Waals surface area contributed by atoms with Gasteiger partial charge in [-0.15, -0.1) is 0 Å². The van der Waals surface area contributed by atoms with Gasteiger partial charge in [0.2, 0.25) is 5.91 Å². The molecule has 1 aliphatic heterocycles. The normalized spacial score (nSPS) is 21.7. The monoisotopic (exact) mass is 298 g/mol. The summed E-state index contributed by atoms with van der Waals surface area (Å²) < 4.78 is 0. The van der Waals surface area contributed by atoms with Crippen molar-refractivity contribution in [2.24, 2.45) is 4.99 Å². The third-order valence-electron chi connectivity index (χ3n) is 4.90. The van der Waals surface area contributed by atoms with Gasteiger partial charge in [-0.2, -0.15) is 0 Å². The number of aliphatic imine (C=N–C) groups is 1. The summed E-state index contributed by atoms with van der Waals surface area (Å²) in [6.45, 7) is 0. The van der Waals surface area contributed by atoms with Crippen LogP contribution in [0.4, 0.5) is 5.69 Å². The Morgan fingerprint density at radius 2 is 2.14 bits per heavy atom. The van der Waals surface area contributed by atoms with E-state index in [0.29, 0.717) is 0 Å². The molecule has 2 N–H and O–H groups in total. The molecule has 0 saturated heterocycles. The lowest BCUT2D eigenvalue weighted by molar-refractivity contribution is -0.137. The number of fused-ring (bicyclic) bond motifs is 2. The number of aliphatic carboxylic acids is 1. The first-order valence-corrected chi connectivity index (χ1v) is 7.91. The summed E-state index contributed by atoms with van der Waals surface area (Å²) in [7, 11) is 0. The molecule has 22 heavy (non-hydrogen) atoms. The standard InChI is InChI=1S/C17H18N2O3/c20-14(21)7-6-13-17(22)19-16-11-3-1-2-9(11)8-10-4-5-12(18-13)15(10)16/h8,13H,1-7H2,(H,19,22)(H,20,21)/t13-/m0/s1. The molecule has 0 fully saturated rings. The van der Waals surface area contributed by atoms with Crippen molar-refractivity contribution in [1.29, 1.82) is 0 Å². The highest BCUT2D eigenvalue weighted by Crippen LogP contribution is 2.40. The van der Waals surface area contributed by atoms with Crippen LogP contribution >= 0.6 is 0 Å². The van der Waals surface area contributed by atoms with E-state index in [1.54, 1.807) is 0 Å². The highest BCUT2D eigenvalue weighted by molar-refractivity contribution is 6.15. The van der Waals surface area contributed by atoms with E-state index in [9.17, 15) is 9.59 Å². The number of nitrogens with one attached hydrogen (secondary N) is 1. The van der Waals surface area contributed by atoms with E-state index in [-0.39, 0.29) is 18.7 Å². The van der Waals surface area contributed by atoms with E-state index in [1.165, 1.54) is 16.7 Å². The lowest BCUT2D eigenvalue weighted by Gasteiger charge is -2.15. The third kappa shape index (κ3) is 2.03. The fraction of sp³-hybridized carbons (Fsp3) is 0.471. The molecule has 1 heterocycles. The Bertz CT molecular complexity index is 721. The molecule has 1 aromatic rings. The van der Waals surface area contributed by atoms with Crippen LogP contribution in [0.2, 0.25) is 0 Å². The number of benzene rings is 1. The largest absolute Gasteiger partial charge is 0.481 e. The number of hydrogen-bond acceptors (Lipinski definition) is 3. The zero-order valence-electron chi connectivity index (χ0n) is 12.3. The quantitative estimate of drug-likeness (QED) is 0.897. The van der Waals surface area contributed by atoms with Gasteiger partial charge in [-0.05, 0) is 55.2 Å². The highest BCUT2D eigenvalue weighted by Gasteiger charge is 2.33. The Balaban J connectivity index is 1.77. The van der Waals surface area contributed by atoms with Crippen molar-refractivity contribution in [2.75, 3.05) is 5.32 Å². The topological polar surface area (TPSA) is 78.8 Å². The van der Waals surface area contributed by atoms with E-state index >= 15 is 0 Å². The van der Waals surface area contributed by atoms with Crippen LogP contribution in [0, 0.1) is 0 Å². The number of carbonyl (C=O) groups is 2. The molecular weight excluding hydrogens is 280 g/mol. The summed E-state index contributed by atoms with van der Waals surface area (Å²) in [6, 6.07) is 1.70. The predicted octanol–water partition coefficient (Wildman–Crippen LogP) is 2.10. The van der Waals surface area contributed by atoms with Crippen molar-refractivity contribution in [3.63, 3.8) is 0 Å². The molecule has 0 aromatic heterocycles. The predicted molar refractivity (Wildman–Crippen MR) is 82.6 cm³/mol. The number of amides is 1. The second kappa shape index (κ2) is 4.93. The molecule has 4 rings (SSSR count). The first kappa shape index (κ1) is 13.5. The molecular formula is C17H18N2O3. The Labute approximate surface area is 128 Å². The Kier molecular flexibility index (Phi) is 3.03. The van der Waals surface area contributed by atoms with Gasteiger partial charge in [-0.1, -0.05) is 6.07 Å². The van der Waals surface area contributed by atoms with Gasteiger partial charge < -0.3 is 10.4 Å². The second-order valence-electron chi connectivity index (χ2n) is 6.29. The molecule has 0 radical (unpaired) electrons. The first-order valence-electron chi connectivity index (χ1n) is 7.91. The molecule has 0 spiro atoms. The zero-order valence-corrected chi connectivity index (χ0v) is 12.3. The van der Waals surface area contributed by atoms with Crippen LogP contribution in [0.25, 0.3) is 0 Å². The van der Waals surface area contributed by atoms with Gasteiger partial charge in [0.05, 0.1) is 5.69 Å². The smallest absolute Gasteiger partial charge is 0.303 e. The first-order chi connectivity index (χ1) is 10.6. The van der Waals surface area contributed by atoms with Crippen LogP contribution < -0.4 is 5.32 Å². The van der Waals surface area contributed by atoms with Crippen LogP contribution in [0.5, 0.6) is 0 Å². The molecule has 114 valence electrons. The lowest BCUT2D eigenvalue weighted by atomic mass is 9.98. The number of anilines is 1. The van der Waals surface area contributed by atoms with Gasteiger partial charge in [0.25, 0.3) is 0 Å². The van der Waals surface area contributed by atoms with Crippen LogP contribution in [-0.4, -0.2) is 28.7 Å². The summed E-state index contributed by atoms with van der Waals surface area (Å²) >= 11 is 0. The number of hydrogen-bond donors (Lipinski definition) is 2. The second-order valence-corrected chi connectivity index (χ2v) is 6.29. The van der Waals surface area contributed by atoms with Gasteiger partial charge >= 0.3 is 5.97 Å². The SMILES string of the molecule is O=C(O)CC[C@@H]1N=C2CCc3cc4c(c(c32)NC1=O)CCC4. The zero-order chi connectivity index (χ0) is 15.3. The van der Waals surface area contributed by atoms with Crippen LogP contribution in [0.1, 0.15) is 47.9 Å². The van der Waals surface area contributed by atoms with E-state index in [2.05, 4.69) is 16.4 Å². The summed E-state index contributed by atoms with van der Waals surface area (Å²) in [5, 5.41) is 11.9. The number of carboxylic acids is 1. The van der Waals surface area contributed by atoms with E-state index in [1.807, 2.05) is 0 Å². The molecule has 1 amide bonds. The van der Waals surface area contributed by atoms with Crippen LogP contribution in [0.15, 0.2) is 11.1 Å². The summed E-state index contributed by atoms with van der Waals surface area (Å²) in [5.41, 5.74) is 6.97. The minimum absolute atomic E-state index is 0.0316. The van der Waals surface area contributed by atoms with Crippen molar-refractivity contribution < 1.29 is 14.7 Å². The summed E-state index contributed by atoms with van der Waals surface area (Å²) in [4.78, 5) is 27.9. The fourth-order valence-electron chi connectivity index (χ4n) is 3.89. The summed E-state index contributed by atoms with van der Waals surface area (Å²) in [5.74, 6) is -1.05. The molecule has 0 bridgehead atoms. The molecule has 0 unspecified atom stereocenters. The number of rotatable bonds is 3. The van der Waals surface area contributed by atoms with Crippen molar-refractivity contribution >= 4 is 23.3 Å². The minimum Gasteiger partial charge on any atom is -0.481 e. The number of nitrogens with zero attached hydrogens (tertiary/aromatic N) is 1. The summed E-state index contributed by atoms with van der Waals surface area (Å²) in [6.07, 6.45) is 5.27. The van der Waals surface area contributed by atoms with Crippen LogP contribution in [0.3, 0.4) is 0 Å². The van der Waals surface area contributed by atoms with Crippen molar-refractivity contribution in [1.82, 2.24) is 0 Å². The maximum Gasteiger partial charge on any atom is 0.303 e. The highest BCUT2D eigenvalue weighted by atomic mass is 16.4. The molecule has 2 aliphatic carbocycles. The number of aryl methyl sites for hydroxylation is 2. The lowest BCUT2D eigenvalue weighted by Crippen LogP contribution is -2.26. The molecule has 1 aromatic carbocycles. The van der Waals surface area contributed by atoms with Crippen molar-refractivity contribution in [3.05, 3.63) is 28.3 Å². The molecule has 1 atom stereocenters. The molecule has 5 heteroatoms. The Morgan fingerprint density at radius 3 is 2.95 bits per heavy atom. The molecule has 0 saturated carbocycles. The van der Waals surface area contributed by atoms with Crippen molar-refractivity contribution in [3.8, 4) is 0 Å². The molecule has 3 aliphatic rings. The maximum absolute atomic E-state index is 12.5. The van der Waals surface area contributed by atoms with Crippen LogP contribution in [-0.2, 0) is 28.9 Å². The van der Waals surface area contributed by atoms with Gasteiger partial charge in [0.15, 0.2) is 0 Å².